The molecule has 2 rings (SSSR count). The minimum atomic E-state index is -4.94. The van der Waals surface area contributed by atoms with Crippen molar-refractivity contribution in [2.75, 3.05) is 20.1 Å². The van der Waals surface area contributed by atoms with Gasteiger partial charge in [0.15, 0.2) is 0 Å². The molecular weight excluding hydrogens is 321 g/mol. The van der Waals surface area contributed by atoms with Crippen molar-refractivity contribution in [3.63, 3.8) is 0 Å². The summed E-state index contributed by atoms with van der Waals surface area (Å²) in [5, 5.41) is 3.06. The lowest BCUT2D eigenvalue weighted by Crippen LogP contribution is -2.44. The van der Waals surface area contributed by atoms with Crippen LogP contribution >= 0.6 is 0 Å². The zero-order valence-corrected chi connectivity index (χ0v) is 12.7. The van der Waals surface area contributed by atoms with Crippen molar-refractivity contribution in [2.24, 2.45) is 0 Å². The van der Waals surface area contributed by atoms with E-state index >= 15 is 0 Å². The summed E-state index contributed by atoms with van der Waals surface area (Å²) in [5.74, 6) is -0.703. The third-order valence-corrected chi connectivity index (χ3v) is 5.49. The number of rotatable bonds is 4. The number of para-hydroxylation sites is 1. The lowest BCUT2D eigenvalue weighted by molar-refractivity contribution is -0.275. The van der Waals surface area contributed by atoms with Crippen LogP contribution in [0.4, 0.5) is 13.2 Å². The molecule has 124 valence electrons. The van der Waals surface area contributed by atoms with Crippen molar-refractivity contribution < 1.29 is 26.3 Å². The number of sulfonamides is 1. The molecular formula is C13H17F3N2O3S. The van der Waals surface area contributed by atoms with E-state index in [0.29, 0.717) is 12.8 Å². The van der Waals surface area contributed by atoms with Gasteiger partial charge >= 0.3 is 6.36 Å². The molecule has 9 heteroatoms. The molecule has 1 fully saturated rings. The molecule has 0 atom stereocenters. The quantitative estimate of drug-likeness (QED) is 0.912. The molecule has 1 aliphatic heterocycles. The maximum atomic E-state index is 12.5. The normalized spacial score (nSPS) is 18.4. The van der Waals surface area contributed by atoms with E-state index in [1.54, 1.807) is 7.05 Å². The topological polar surface area (TPSA) is 58.6 Å². The summed E-state index contributed by atoms with van der Waals surface area (Å²) in [6.07, 6.45) is -3.72. The highest BCUT2D eigenvalue weighted by Crippen LogP contribution is 2.32. The summed E-state index contributed by atoms with van der Waals surface area (Å²) in [6, 6.07) is 5.01. The average molecular weight is 338 g/mol. The Morgan fingerprint density at radius 1 is 1.23 bits per heavy atom. The second kappa shape index (κ2) is 6.43. The number of alkyl halides is 3. The van der Waals surface area contributed by atoms with E-state index in [1.165, 1.54) is 16.4 Å². The number of piperidine rings is 1. The van der Waals surface area contributed by atoms with Crippen LogP contribution in [-0.4, -0.2) is 45.3 Å². The third kappa shape index (κ3) is 3.90. The first-order valence-electron chi connectivity index (χ1n) is 6.76. The molecule has 5 nitrogen and oxygen atoms in total. The van der Waals surface area contributed by atoms with Crippen molar-refractivity contribution in [2.45, 2.75) is 30.1 Å². The molecule has 1 aliphatic rings. The first-order valence-corrected chi connectivity index (χ1v) is 8.20. The Bertz CT molecular complexity index is 611. The molecule has 0 radical (unpaired) electrons. The Kier molecular flexibility index (Phi) is 4.98. The summed E-state index contributed by atoms with van der Waals surface area (Å²) in [4.78, 5) is -0.463. The first kappa shape index (κ1) is 17.0. The van der Waals surface area contributed by atoms with Gasteiger partial charge in [0.2, 0.25) is 10.0 Å². The van der Waals surface area contributed by atoms with Crippen molar-refractivity contribution in [3.8, 4) is 5.75 Å². The van der Waals surface area contributed by atoms with Crippen LogP contribution in [0.15, 0.2) is 29.2 Å². The minimum Gasteiger partial charge on any atom is -0.404 e. The van der Waals surface area contributed by atoms with Crippen LogP contribution < -0.4 is 10.1 Å². The van der Waals surface area contributed by atoms with Gasteiger partial charge in [-0.1, -0.05) is 12.1 Å². The molecule has 22 heavy (non-hydrogen) atoms. The molecule has 0 bridgehead atoms. The van der Waals surface area contributed by atoms with Gasteiger partial charge in [-0.2, -0.15) is 4.31 Å². The second-order valence-electron chi connectivity index (χ2n) is 4.96. The maximum Gasteiger partial charge on any atom is 0.573 e. The van der Waals surface area contributed by atoms with E-state index in [-0.39, 0.29) is 19.1 Å². The van der Waals surface area contributed by atoms with Gasteiger partial charge in [-0.25, -0.2) is 8.42 Å². The lowest BCUT2D eigenvalue weighted by atomic mass is 10.1. The number of nitrogens with one attached hydrogen (secondary N) is 1. The van der Waals surface area contributed by atoms with Crippen molar-refractivity contribution in [1.82, 2.24) is 9.62 Å². The second-order valence-corrected chi connectivity index (χ2v) is 6.87. The smallest absolute Gasteiger partial charge is 0.404 e. The van der Waals surface area contributed by atoms with Crippen LogP contribution in [0.3, 0.4) is 0 Å². The van der Waals surface area contributed by atoms with Gasteiger partial charge in [0.05, 0.1) is 0 Å². The number of benzene rings is 1. The predicted molar refractivity (Wildman–Crippen MR) is 74.0 cm³/mol. The molecule has 1 aromatic rings. The zero-order chi connectivity index (χ0) is 16.4. The summed E-state index contributed by atoms with van der Waals surface area (Å²) < 4.78 is 67.4. The Morgan fingerprint density at radius 3 is 2.36 bits per heavy atom. The largest absolute Gasteiger partial charge is 0.573 e. The molecule has 1 saturated heterocycles. The van der Waals surface area contributed by atoms with Crippen LogP contribution in [-0.2, 0) is 10.0 Å². The van der Waals surface area contributed by atoms with Crippen molar-refractivity contribution in [3.05, 3.63) is 24.3 Å². The molecule has 1 heterocycles. The van der Waals surface area contributed by atoms with Crippen LogP contribution in [0, 0.1) is 0 Å². The van der Waals surface area contributed by atoms with Crippen LogP contribution in [0.2, 0.25) is 0 Å². The van der Waals surface area contributed by atoms with E-state index in [1.807, 2.05) is 0 Å². The third-order valence-electron chi connectivity index (χ3n) is 3.55. The fourth-order valence-electron chi connectivity index (χ4n) is 2.40. The molecule has 1 aromatic carbocycles. The summed E-state index contributed by atoms with van der Waals surface area (Å²) >= 11 is 0. The Morgan fingerprint density at radius 2 is 1.82 bits per heavy atom. The molecule has 0 spiro atoms. The molecule has 0 aliphatic carbocycles. The van der Waals surface area contributed by atoms with Gasteiger partial charge in [-0.05, 0) is 32.0 Å². The Balaban J connectivity index is 2.27. The molecule has 0 unspecified atom stereocenters. The molecule has 0 aromatic heterocycles. The van der Waals surface area contributed by atoms with Gasteiger partial charge in [0, 0.05) is 19.1 Å². The molecule has 0 saturated carbocycles. The highest BCUT2D eigenvalue weighted by atomic mass is 32.2. The highest BCUT2D eigenvalue weighted by Gasteiger charge is 2.36. The van der Waals surface area contributed by atoms with Crippen LogP contribution in [0.5, 0.6) is 5.75 Å². The van der Waals surface area contributed by atoms with E-state index in [0.717, 1.165) is 12.1 Å². The summed E-state index contributed by atoms with van der Waals surface area (Å²) in [6.45, 7) is 0.516. The van der Waals surface area contributed by atoms with E-state index < -0.39 is 27.0 Å². The van der Waals surface area contributed by atoms with Crippen LogP contribution in [0.25, 0.3) is 0 Å². The molecule has 0 amide bonds. The number of halogens is 3. The average Bonchev–Trinajstić information content (AvgIpc) is 2.46. The number of nitrogens with zero attached hydrogens (tertiary/aromatic N) is 1. The standard InChI is InChI=1S/C13H17F3N2O3S/c1-17-10-6-8-18(9-7-10)22(19,20)12-5-3-2-4-11(12)21-13(14,15)16/h2-5,10,17H,6-9H2,1H3. The van der Waals surface area contributed by atoms with Gasteiger partial charge in [-0.3, -0.25) is 0 Å². The molecule has 1 N–H and O–H groups in total. The first-order chi connectivity index (χ1) is 10.2. The number of ether oxygens (including phenoxy) is 1. The number of hydrogen-bond donors (Lipinski definition) is 1. The van der Waals surface area contributed by atoms with Crippen molar-refractivity contribution in [1.29, 1.82) is 0 Å². The number of hydrogen-bond acceptors (Lipinski definition) is 4. The predicted octanol–water partition coefficient (Wildman–Crippen LogP) is 1.96. The van der Waals surface area contributed by atoms with Crippen LogP contribution in [0.1, 0.15) is 12.8 Å². The fraction of sp³-hybridized carbons (Fsp3) is 0.538. The van der Waals surface area contributed by atoms with Gasteiger partial charge < -0.3 is 10.1 Å². The lowest BCUT2D eigenvalue weighted by Gasteiger charge is -2.31. The van der Waals surface area contributed by atoms with Crippen molar-refractivity contribution >= 4 is 10.0 Å². The fourth-order valence-corrected chi connectivity index (χ4v) is 3.98. The summed E-state index contributed by atoms with van der Waals surface area (Å²) in [7, 11) is -2.22. The van der Waals surface area contributed by atoms with Gasteiger partial charge in [0.1, 0.15) is 10.6 Å². The van der Waals surface area contributed by atoms with E-state index in [2.05, 4.69) is 10.1 Å². The van der Waals surface area contributed by atoms with E-state index in [9.17, 15) is 21.6 Å². The Labute approximate surface area is 127 Å². The zero-order valence-electron chi connectivity index (χ0n) is 11.9. The van der Waals surface area contributed by atoms with Gasteiger partial charge in [-0.15, -0.1) is 13.2 Å². The maximum absolute atomic E-state index is 12.5. The van der Waals surface area contributed by atoms with Gasteiger partial charge in [0.25, 0.3) is 0 Å². The Hall–Kier alpha value is -1.32. The monoisotopic (exact) mass is 338 g/mol. The summed E-state index contributed by atoms with van der Waals surface area (Å²) in [5.41, 5.74) is 0. The SMILES string of the molecule is CNC1CCN(S(=O)(=O)c2ccccc2OC(F)(F)F)CC1. The van der Waals surface area contributed by atoms with E-state index in [4.69, 9.17) is 0 Å². The minimum absolute atomic E-state index is 0.216. The highest BCUT2D eigenvalue weighted by molar-refractivity contribution is 7.89.